The van der Waals surface area contributed by atoms with Gasteiger partial charge in [-0.05, 0) is 30.2 Å². The molecule has 2 amide bonds. The number of carbonyl (C=O) groups is 2. The van der Waals surface area contributed by atoms with Crippen molar-refractivity contribution in [1.82, 2.24) is 9.88 Å². The van der Waals surface area contributed by atoms with Gasteiger partial charge < -0.3 is 25.0 Å². The molecule has 1 aliphatic rings. The summed E-state index contributed by atoms with van der Waals surface area (Å²) in [6.45, 7) is 3.54. The van der Waals surface area contributed by atoms with Gasteiger partial charge in [-0.1, -0.05) is 19.1 Å². The Bertz CT molecular complexity index is 974. The van der Waals surface area contributed by atoms with Gasteiger partial charge in [0.2, 0.25) is 11.8 Å². The van der Waals surface area contributed by atoms with Crippen LogP contribution in [0.15, 0.2) is 36.5 Å². The third-order valence-corrected chi connectivity index (χ3v) is 4.77. The Morgan fingerprint density at radius 2 is 2.19 bits per heavy atom. The van der Waals surface area contributed by atoms with Gasteiger partial charge in [0.1, 0.15) is 0 Å². The van der Waals surface area contributed by atoms with Gasteiger partial charge in [-0.25, -0.2) is 4.98 Å². The maximum Gasteiger partial charge on any atom is 0.246 e. The van der Waals surface area contributed by atoms with E-state index in [0.29, 0.717) is 43.4 Å². The predicted octanol–water partition coefficient (Wildman–Crippen LogP) is 3.30. The van der Waals surface area contributed by atoms with Crippen molar-refractivity contribution in [3.8, 4) is 11.5 Å². The zero-order chi connectivity index (χ0) is 22.2. The monoisotopic (exact) mass is 424 g/mol. The Balaban J connectivity index is 1.69. The highest BCUT2D eigenvalue weighted by Gasteiger charge is 2.15. The standard InChI is InChI=1S/C23H28N4O4/c1-4-12-31-22-17(6-5-7-19(22)30-3)15-27(2)21(29)9-8-16-13-18-23(25-14-16)26-20(28)10-11-24-18/h5-9,13-14,24H,4,10-12,15H2,1-3H3,(H,25,26,28)/b9-8+. The van der Waals surface area contributed by atoms with E-state index in [-0.39, 0.29) is 11.8 Å². The number of likely N-dealkylation sites (N-methyl/N-ethyl adjacent to an activating group) is 1. The van der Waals surface area contributed by atoms with E-state index in [1.165, 1.54) is 6.08 Å². The Kier molecular flexibility index (Phi) is 7.48. The minimum absolute atomic E-state index is 0.0707. The average molecular weight is 425 g/mol. The van der Waals surface area contributed by atoms with Crippen LogP contribution in [0.5, 0.6) is 11.5 Å². The summed E-state index contributed by atoms with van der Waals surface area (Å²) in [5, 5.41) is 5.93. The van der Waals surface area contributed by atoms with Crippen LogP contribution >= 0.6 is 0 Å². The summed E-state index contributed by atoms with van der Waals surface area (Å²) in [5.41, 5.74) is 2.38. The normalized spacial score (nSPS) is 13.1. The molecule has 2 N–H and O–H groups in total. The van der Waals surface area contributed by atoms with Crippen molar-refractivity contribution in [3.63, 3.8) is 0 Å². The Morgan fingerprint density at radius 1 is 1.35 bits per heavy atom. The van der Waals surface area contributed by atoms with Crippen LogP contribution in [-0.2, 0) is 16.1 Å². The fourth-order valence-electron chi connectivity index (χ4n) is 3.15. The highest BCUT2D eigenvalue weighted by Crippen LogP contribution is 2.32. The largest absolute Gasteiger partial charge is 0.493 e. The summed E-state index contributed by atoms with van der Waals surface area (Å²) >= 11 is 0. The third-order valence-electron chi connectivity index (χ3n) is 4.77. The van der Waals surface area contributed by atoms with Crippen molar-refractivity contribution >= 4 is 29.4 Å². The molecule has 3 rings (SSSR count). The molecule has 0 saturated carbocycles. The number of amides is 2. The van der Waals surface area contributed by atoms with Crippen molar-refractivity contribution in [3.05, 3.63) is 47.7 Å². The smallest absolute Gasteiger partial charge is 0.246 e. The van der Waals surface area contributed by atoms with Crippen LogP contribution in [0.1, 0.15) is 30.9 Å². The van der Waals surface area contributed by atoms with Gasteiger partial charge in [0.15, 0.2) is 17.3 Å². The van der Waals surface area contributed by atoms with Crippen LogP contribution in [0.3, 0.4) is 0 Å². The first-order chi connectivity index (χ1) is 15.0. The molecule has 0 unspecified atom stereocenters. The number of pyridine rings is 1. The Labute approximate surface area is 182 Å². The van der Waals surface area contributed by atoms with E-state index in [0.717, 1.165) is 23.2 Å². The topological polar surface area (TPSA) is 92.8 Å². The van der Waals surface area contributed by atoms with Crippen molar-refractivity contribution in [1.29, 1.82) is 0 Å². The number of fused-ring (bicyclic) bond motifs is 1. The molecular weight excluding hydrogens is 396 g/mol. The number of nitrogens with zero attached hydrogens (tertiary/aromatic N) is 2. The van der Waals surface area contributed by atoms with Gasteiger partial charge in [0, 0.05) is 44.4 Å². The molecule has 1 aromatic carbocycles. The highest BCUT2D eigenvalue weighted by atomic mass is 16.5. The first-order valence-corrected chi connectivity index (χ1v) is 10.3. The Morgan fingerprint density at radius 3 is 2.97 bits per heavy atom. The van der Waals surface area contributed by atoms with E-state index in [9.17, 15) is 9.59 Å². The third kappa shape index (κ3) is 5.75. The lowest BCUT2D eigenvalue weighted by atomic mass is 10.1. The summed E-state index contributed by atoms with van der Waals surface area (Å²) in [5.74, 6) is 1.59. The molecule has 0 radical (unpaired) electrons. The number of hydrogen-bond acceptors (Lipinski definition) is 6. The molecule has 0 bridgehead atoms. The summed E-state index contributed by atoms with van der Waals surface area (Å²) in [6, 6.07) is 7.51. The molecule has 0 fully saturated rings. The SMILES string of the molecule is CCCOc1c(CN(C)C(=O)/C=C/c2cnc3c(c2)NCCC(=O)N3)cccc1OC. The van der Waals surface area contributed by atoms with Gasteiger partial charge in [-0.3, -0.25) is 9.59 Å². The fraction of sp³-hybridized carbons (Fsp3) is 0.348. The Hall–Kier alpha value is -3.55. The van der Waals surface area contributed by atoms with Gasteiger partial charge in [0.25, 0.3) is 0 Å². The molecule has 1 aliphatic heterocycles. The number of aromatic nitrogens is 1. The minimum atomic E-state index is -0.152. The highest BCUT2D eigenvalue weighted by molar-refractivity contribution is 5.95. The number of hydrogen-bond donors (Lipinski definition) is 2. The van der Waals surface area contributed by atoms with E-state index in [4.69, 9.17) is 9.47 Å². The van der Waals surface area contributed by atoms with Crippen LogP contribution in [0, 0.1) is 0 Å². The number of methoxy groups -OCH3 is 1. The lowest BCUT2D eigenvalue weighted by Gasteiger charge is -2.19. The molecular formula is C23H28N4O4. The zero-order valence-corrected chi connectivity index (χ0v) is 18.1. The number of carbonyl (C=O) groups excluding carboxylic acids is 2. The lowest BCUT2D eigenvalue weighted by Crippen LogP contribution is -2.24. The molecule has 0 atom stereocenters. The maximum atomic E-state index is 12.7. The van der Waals surface area contributed by atoms with E-state index in [2.05, 4.69) is 15.6 Å². The van der Waals surface area contributed by atoms with Crippen LogP contribution in [-0.4, -0.2) is 49.0 Å². The van der Waals surface area contributed by atoms with Crippen LogP contribution in [0.4, 0.5) is 11.5 Å². The molecule has 0 aliphatic carbocycles. The number of rotatable bonds is 8. The average Bonchev–Trinajstić information content (AvgIpc) is 2.96. The minimum Gasteiger partial charge on any atom is -0.493 e. The lowest BCUT2D eigenvalue weighted by molar-refractivity contribution is -0.125. The summed E-state index contributed by atoms with van der Waals surface area (Å²) in [4.78, 5) is 30.2. The summed E-state index contributed by atoms with van der Waals surface area (Å²) in [6.07, 6.45) is 6.10. The molecule has 0 spiro atoms. The number of nitrogens with one attached hydrogen (secondary N) is 2. The van der Waals surface area contributed by atoms with Crippen LogP contribution < -0.4 is 20.1 Å². The van der Waals surface area contributed by atoms with E-state index < -0.39 is 0 Å². The molecule has 2 aromatic rings. The van der Waals surface area contributed by atoms with Crippen LogP contribution in [0.2, 0.25) is 0 Å². The summed E-state index contributed by atoms with van der Waals surface area (Å²) in [7, 11) is 3.34. The molecule has 2 heterocycles. The summed E-state index contributed by atoms with van der Waals surface area (Å²) < 4.78 is 11.3. The first-order valence-electron chi connectivity index (χ1n) is 10.3. The number of anilines is 2. The van der Waals surface area contributed by atoms with Crippen LogP contribution in [0.25, 0.3) is 6.08 Å². The molecule has 8 heteroatoms. The number of para-hydroxylation sites is 1. The predicted molar refractivity (Wildman–Crippen MR) is 120 cm³/mol. The second-order valence-corrected chi connectivity index (χ2v) is 7.21. The zero-order valence-electron chi connectivity index (χ0n) is 18.1. The maximum absolute atomic E-state index is 12.7. The van der Waals surface area contributed by atoms with Crippen molar-refractivity contribution in [2.75, 3.05) is 37.9 Å². The van der Waals surface area contributed by atoms with E-state index in [1.807, 2.05) is 31.2 Å². The van der Waals surface area contributed by atoms with E-state index in [1.54, 1.807) is 31.3 Å². The quantitative estimate of drug-likeness (QED) is 0.632. The van der Waals surface area contributed by atoms with Gasteiger partial charge in [-0.2, -0.15) is 0 Å². The molecule has 0 saturated heterocycles. The van der Waals surface area contributed by atoms with Crippen molar-refractivity contribution < 1.29 is 19.1 Å². The van der Waals surface area contributed by atoms with Gasteiger partial charge in [-0.15, -0.1) is 0 Å². The second-order valence-electron chi connectivity index (χ2n) is 7.21. The van der Waals surface area contributed by atoms with Gasteiger partial charge >= 0.3 is 0 Å². The first kappa shape index (κ1) is 22.1. The number of ether oxygens (including phenoxy) is 2. The molecule has 8 nitrogen and oxygen atoms in total. The second kappa shape index (κ2) is 10.5. The molecule has 164 valence electrons. The number of benzene rings is 1. The molecule has 1 aromatic heterocycles. The molecule has 31 heavy (non-hydrogen) atoms. The van der Waals surface area contributed by atoms with Crippen molar-refractivity contribution in [2.24, 2.45) is 0 Å². The van der Waals surface area contributed by atoms with E-state index >= 15 is 0 Å². The van der Waals surface area contributed by atoms with Gasteiger partial charge in [0.05, 0.1) is 19.4 Å². The van der Waals surface area contributed by atoms with Crippen molar-refractivity contribution in [2.45, 2.75) is 26.3 Å². The fourth-order valence-corrected chi connectivity index (χ4v) is 3.15.